The lowest BCUT2D eigenvalue weighted by Gasteiger charge is -2.49. The minimum absolute atomic E-state index is 0.000324. The summed E-state index contributed by atoms with van der Waals surface area (Å²) in [6, 6.07) is 0. The van der Waals surface area contributed by atoms with Crippen LogP contribution in [0.4, 0.5) is 0 Å². The third-order valence-electron chi connectivity index (χ3n) is 4.81. The maximum absolute atomic E-state index is 11.7. The third-order valence-corrected chi connectivity index (χ3v) is 4.81. The van der Waals surface area contributed by atoms with Crippen molar-refractivity contribution in [2.45, 2.75) is 62.8 Å². The summed E-state index contributed by atoms with van der Waals surface area (Å²) in [5.41, 5.74) is -0.461. The van der Waals surface area contributed by atoms with Gasteiger partial charge in [-0.3, -0.25) is 4.79 Å². The minimum Gasteiger partial charge on any atom is -0.459 e. The molecule has 100 valence electrons. The molecule has 0 radical (unpaired) electrons. The average Bonchev–Trinajstić information content (AvgIpc) is 2.52. The van der Waals surface area contributed by atoms with E-state index in [2.05, 4.69) is 0 Å². The standard InChI is InChI=1S/C13H18O5/c1-12-15-6-5-9-13(18-12)8(7-11(14)16-9)3-2-4-10(13)17-12/h8-10H,2-7H2,1H3. The summed E-state index contributed by atoms with van der Waals surface area (Å²) in [6.45, 7) is 2.34. The Labute approximate surface area is 106 Å². The van der Waals surface area contributed by atoms with Crippen LogP contribution in [-0.4, -0.2) is 36.4 Å². The molecule has 5 unspecified atom stereocenters. The molecular weight excluding hydrogens is 236 g/mol. The molecule has 4 fully saturated rings. The lowest BCUT2D eigenvalue weighted by atomic mass is 9.67. The fourth-order valence-corrected chi connectivity index (χ4v) is 4.16. The van der Waals surface area contributed by atoms with Gasteiger partial charge in [0, 0.05) is 19.3 Å². The van der Waals surface area contributed by atoms with E-state index in [1.807, 2.05) is 6.92 Å². The lowest BCUT2D eigenvalue weighted by Crippen LogP contribution is -2.62. The van der Waals surface area contributed by atoms with Gasteiger partial charge in [-0.2, -0.15) is 0 Å². The molecule has 0 amide bonds. The van der Waals surface area contributed by atoms with E-state index in [4.69, 9.17) is 18.9 Å². The Bertz CT molecular complexity index is 397. The number of fused-ring (bicyclic) bond motifs is 1. The molecular formula is C13H18O5. The topological polar surface area (TPSA) is 54.0 Å². The van der Waals surface area contributed by atoms with Gasteiger partial charge in [-0.1, -0.05) is 6.42 Å². The lowest BCUT2D eigenvalue weighted by molar-refractivity contribution is -0.335. The molecule has 1 saturated carbocycles. The van der Waals surface area contributed by atoms with Crippen molar-refractivity contribution < 1.29 is 23.7 Å². The van der Waals surface area contributed by atoms with Crippen LogP contribution in [0, 0.1) is 5.92 Å². The summed E-state index contributed by atoms with van der Waals surface area (Å²) >= 11 is 0. The van der Waals surface area contributed by atoms with Gasteiger partial charge in [0.15, 0.2) is 0 Å². The van der Waals surface area contributed by atoms with Gasteiger partial charge in [-0.15, -0.1) is 0 Å². The van der Waals surface area contributed by atoms with Crippen molar-refractivity contribution in [2.24, 2.45) is 5.92 Å². The molecule has 5 heteroatoms. The second-order valence-electron chi connectivity index (χ2n) is 5.87. The fourth-order valence-electron chi connectivity index (χ4n) is 4.16. The van der Waals surface area contributed by atoms with E-state index in [1.54, 1.807) is 0 Å². The van der Waals surface area contributed by atoms with Crippen molar-refractivity contribution in [1.82, 2.24) is 0 Å². The van der Waals surface area contributed by atoms with Gasteiger partial charge >= 0.3 is 5.97 Å². The predicted molar refractivity (Wildman–Crippen MR) is 59.5 cm³/mol. The molecule has 1 aliphatic carbocycles. The average molecular weight is 254 g/mol. The molecule has 3 saturated heterocycles. The third kappa shape index (κ3) is 1.30. The highest BCUT2D eigenvalue weighted by Crippen LogP contribution is 2.55. The van der Waals surface area contributed by atoms with Crippen LogP contribution >= 0.6 is 0 Å². The summed E-state index contributed by atoms with van der Waals surface area (Å²) in [7, 11) is 0. The number of rotatable bonds is 0. The first kappa shape index (κ1) is 11.2. The first-order valence-corrected chi connectivity index (χ1v) is 6.84. The Morgan fingerprint density at radius 2 is 2.11 bits per heavy atom. The SMILES string of the molecule is CC12OCCC3OC(=O)CC4CCCC(O1)C43O2. The zero-order valence-corrected chi connectivity index (χ0v) is 10.5. The smallest absolute Gasteiger partial charge is 0.306 e. The number of ether oxygens (including phenoxy) is 4. The maximum Gasteiger partial charge on any atom is 0.306 e. The van der Waals surface area contributed by atoms with Gasteiger partial charge in [0.25, 0.3) is 5.97 Å². The number of esters is 1. The summed E-state index contributed by atoms with van der Waals surface area (Å²) in [4.78, 5) is 11.7. The molecule has 5 atom stereocenters. The molecule has 3 heterocycles. The highest BCUT2D eigenvalue weighted by atomic mass is 16.9. The molecule has 2 bridgehead atoms. The van der Waals surface area contributed by atoms with E-state index in [0.29, 0.717) is 19.4 Å². The first-order chi connectivity index (χ1) is 8.62. The van der Waals surface area contributed by atoms with Crippen LogP contribution in [0.1, 0.15) is 39.0 Å². The highest BCUT2D eigenvalue weighted by Gasteiger charge is 2.68. The van der Waals surface area contributed by atoms with E-state index in [0.717, 1.165) is 19.3 Å². The van der Waals surface area contributed by atoms with E-state index >= 15 is 0 Å². The molecule has 18 heavy (non-hydrogen) atoms. The van der Waals surface area contributed by atoms with Gasteiger partial charge in [0.05, 0.1) is 19.1 Å². The van der Waals surface area contributed by atoms with Crippen LogP contribution in [0.15, 0.2) is 0 Å². The van der Waals surface area contributed by atoms with Crippen LogP contribution in [0.25, 0.3) is 0 Å². The number of carbonyl (C=O) groups excluding carboxylic acids is 1. The number of carbonyl (C=O) groups is 1. The van der Waals surface area contributed by atoms with E-state index in [9.17, 15) is 4.79 Å². The Balaban J connectivity index is 1.80. The molecule has 0 aromatic carbocycles. The quantitative estimate of drug-likeness (QED) is 0.611. The maximum atomic E-state index is 11.7. The summed E-state index contributed by atoms with van der Waals surface area (Å²) < 4.78 is 23.4. The second-order valence-corrected chi connectivity index (χ2v) is 5.87. The van der Waals surface area contributed by atoms with Gasteiger partial charge in [0.2, 0.25) is 0 Å². The van der Waals surface area contributed by atoms with Crippen molar-refractivity contribution >= 4 is 5.97 Å². The molecule has 0 N–H and O–H groups in total. The first-order valence-electron chi connectivity index (χ1n) is 6.84. The highest BCUT2D eigenvalue weighted by molar-refractivity contribution is 5.71. The fraction of sp³-hybridized carbons (Fsp3) is 0.923. The Morgan fingerprint density at radius 1 is 1.22 bits per heavy atom. The second kappa shape index (κ2) is 3.46. The number of hydrogen-bond acceptors (Lipinski definition) is 5. The molecule has 4 rings (SSSR count). The zero-order chi connectivity index (χ0) is 12.4. The Hall–Kier alpha value is -0.650. The van der Waals surface area contributed by atoms with Crippen LogP contribution in [0.5, 0.6) is 0 Å². The van der Waals surface area contributed by atoms with Crippen molar-refractivity contribution in [1.29, 1.82) is 0 Å². The van der Waals surface area contributed by atoms with Crippen molar-refractivity contribution in [3.63, 3.8) is 0 Å². The predicted octanol–water partition coefficient (Wildman–Crippen LogP) is 1.35. The number of hydrogen-bond donors (Lipinski definition) is 0. The van der Waals surface area contributed by atoms with Gasteiger partial charge < -0.3 is 18.9 Å². The van der Waals surface area contributed by atoms with Gasteiger partial charge in [-0.05, 0) is 12.8 Å². The largest absolute Gasteiger partial charge is 0.459 e. The van der Waals surface area contributed by atoms with Crippen LogP contribution in [0.2, 0.25) is 0 Å². The molecule has 4 aliphatic rings. The molecule has 0 aromatic rings. The molecule has 1 spiro atoms. The molecule has 0 aromatic heterocycles. The Morgan fingerprint density at radius 3 is 3.00 bits per heavy atom. The van der Waals surface area contributed by atoms with Crippen molar-refractivity contribution in [3.8, 4) is 0 Å². The van der Waals surface area contributed by atoms with E-state index in [1.165, 1.54) is 0 Å². The van der Waals surface area contributed by atoms with Crippen molar-refractivity contribution in [2.75, 3.05) is 6.61 Å². The molecule has 3 aliphatic heterocycles. The molecule has 5 nitrogen and oxygen atoms in total. The zero-order valence-electron chi connectivity index (χ0n) is 10.5. The summed E-state index contributed by atoms with van der Waals surface area (Å²) in [6.07, 6.45) is 4.00. The monoisotopic (exact) mass is 254 g/mol. The van der Waals surface area contributed by atoms with Gasteiger partial charge in [-0.25, -0.2) is 0 Å². The summed E-state index contributed by atoms with van der Waals surface area (Å²) in [5.74, 6) is -0.840. The Kier molecular flexibility index (Phi) is 2.16. The van der Waals surface area contributed by atoms with Crippen LogP contribution in [-0.2, 0) is 23.7 Å². The van der Waals surface area contributed by atoms with E-state index in [-0.39, 0.29) is 24.1 Å². The normalized spacial score (nSPS) is 54.5. The van der Waals surface area contributed by atoms with Crippen molar-refractivity contribution in [3.05, 3.63) is 0 Å². The summed E-state index contributed by atoms with van der Waals surface area (Å²) in [5, 5.41) is 0. The van der Waals surface area contributed by atoms with Crippen LogP contribution < -0.4 is 0 Å². The minimum atomic E-state index is -0.953. The van der Waals surface area contributed by atoms with E-state index < -0.39 is 11.6 Å². The van der Waals surface area contributed by atoms with Crippen LogP contribution in [0.3, 0.4) is 0 Å². The van der Waals surface area contributed by atoms with Gasteiger partial charge in [0.1, 0.15) is 11.7 Å².